The summed E-state index contributed by atoms with van der Waals surface area (Å²) in [6, 6.07) is 2.25. The molecule has 0 aromatic heterocycles. The monoisotopic (exact) mass is 288 g/mol. The number of halogens is 2. The lowest BCUT2D eigenvalue weighted by atomic mass is 10.2. The molecule has 16 heavy (non-hydrogen) atoms. The molecule has 0 aliphatic carbocycles. The van der Waals surface area contributed by atoms with E-state index in [4.69, 9.17) is 0 Å². The highest BCUT2D eigenvalue weighted by Gasteiger charge is 2.16. The molecule has 0 unspecified atom stereocenters. The van der Waals surface area contributed by atoms with Crippen molar-refractivity contribution in [1.29, 1.82) is 0 Å². The standard InChI is InChI=1S/C10H10BrFN2O2/c1-2-3-4-13-9-5-7(11)8(12)6-10(9)14(15)16/h2,5-6,13H,1,3-4H2. The van der Waals surface area contributed by atoms with E-state index in [1.54, 1.807) is 6.08 Å². The molecule has 0 atom stereocenters. The van der Waals surface area contributed by atoms with Crippen LogP contribution in [0.1, 0.15) is 6.42 Å². The Bertz CT molecular complexity index is 424. The number of hydrogen-bond acceptors (Lipinski definition) is 3. The summed E-state index contributed by atoms with van der Waals surface area (Å²) in [7, 11) is 0. The molecule has 1 aromatic carbocycles. The van der Waals surface area contributed by atoms with Crippen molar-refractivity contribution in [1.82, 2.24) is 0 Å². The van der Waals surface area contributed by atoms with Gasteiger partial charge in [-0.15, -0.1) is 6.58 Å². The molecule has 0 fully saturated rings. The van der Waals surface area contributed by atoms with Gasteiger partial charge >= 0.3 is 0 Å². The number of nitrogens with zero attached hydrogens (tertiary/aromatic N) is 1. The van der Waals surface area contributed by atoms with Gasteiger partial charge in [0.2, 0.25) is 0 Å². The number of nitrogens with one attached hydrogen (secondary N) is 1. The number of benzene rings is 1. The fourth-order valence-corrected chi connectivity index (χ4v) is 1.48. The van der Waals surface area contributed by atoms with Gasteiger partial charge in [-0.3, -0.25) is 10.1 Å². The van der Waals surface area contributed by atoms with Crippen LogP contribution in [0.15, 0.2) is 29.3 Å². The predicted octanol–water partition coefficient (Wildman–Crippen LogP) is 3.48. The van der Waals surface area contributed by atoms with Crippen molar-refractivity contribution in [3.63, 3.8) is 0 Å². The molecule has 0 amide bonds. The molecule has 0 radical (unpaired) electrons. The van der Waals surface area contributed by atoms with Gasteiger partial charge < -0.3 is 5.32 Å². The molecule has 0 aliphatic heterocycles. The predicted molar refractivity (Wildman–Crippen MR) is 64.1 cm³/mol. The first kappa shape index (κ1) is 12.6. The van der Waals surface area contributed by atoms with Crippen molar-refractivity contribution >= 4 is 27.3 Å². The van der Waals surface area contributed by atoms with Crippen LogP contribution in [0.4, 0.5) is 15.8 Å². The number of hydrogen-bond donors (Lipinski definition) is 1. The van der Waals surface area contributed by atoms with E-state index in [1.165, 1.54) is 6.07 Å². The maximum Gasteiger partial charge on any atom is 0.295 e. The lowest BCUT2D eigenvalue weighted by Crippen LogP contribution is -2.04. The van der Waals surface area contributed by atoms with Crippen LogP contribution in [0.3, 0.4) is 0 Å². The average Bonchev–Trinajstić information content (AvgIpc) is 2.23. The second-order valence-electron chi connectivity index (χ2n) is 3.04. The van der Waals surface area contributed by atoms with E-state index in [-0.39, 0.29) is 10.2 Å². The molecule has 0 heterocycles. The van der Waals surface area contributed by atoms with Gasteiger partial charge in [0.15, 0.2) is 0 Å². The Hall–Kier alpha value is -1.43. The minimum atomic E-state index is -0.652. The highest BCUT2D eigenvalue weighted by Crippen LogP contribution is 2.30. The Morgan fingerprint density at radius 2 is 2.31 bits per heavy atom. The summed E-state index contributed by atoms with van der Waals surface area (Å²) in [4.78, 5) is 10.1. The van der Waals surface area contributed by atoms with Gasteiger partial charge in [-0.2, -0.15) is 0 Å². The fourth-order valence-electron chi connectivity index (χ4n) is 1.14. The molecule has 1 aromatic rings. The van der Waals surface area contributed by atoms with Crippen LogP contribution in [0.5, 0.6) is 0 Å². The summed E-state index contributed by atoms with van der Waals surface area (Å²) < 4.78 is 13.3. The molecule has 6 heteroatoms. The highest BCUT2D eigenvalue weighted by atomic mass is 79.9. The molecule has 4 nitrogen and oxygen atoms in total. The van der Waals surface area contributed by atoms with E-state index in [2.05, 4.69) is 27.8 Å². The quantitative estimate of drug-likeness (QED) is 0.391. The van der Waals surface area contributed by atoms with E-state index in [1.807, 2.05) is 0 Å². The van der Waals surface area contributed by atoms with E-state index < -0.39 is 10.7 Å². The number of nitro benzene ring substituents is 1. The van der Waals surface area contributed by atoms with Crippen LogP contribution in [-0.2, 0) is 0 Å². The SMILES string of the molecule is C=CCCNc1cc(Br)c(F)cc1[N+](=O)[O-]. The maximum absolute atomic E-state index is 13.1. The highest BCUT2D eigenvalue weighted by molar-refractivity contribution is 9.10. The van der Waals surface area contributed by atoms with Gasteiger partial charge in [0.1, 0.15) is 11.5 Å². The first-order valence-corrected chi connectivity index (χ1v) is 5.33. The van der Waals surface area contributed by atoms with Gasteiger partial charge in [-0.25, -0.2) is 4.39 Å². The van der Waals surface area contributed by atoms with E-state index in [0.717, 1.165) is 6.07 Å². The smallest absolute Gasteiger partial charge is 0.295 e. The van der Waals surface area contributed by atoms with Crippen LogP contribution < -0.4 is 5.32 Å². The molecule has 0 aliphatic rings. The minimum Gasteiger partial charge on any atom is -0.379 e. The molecule has 86 valence electrons. The Kier molecular flexibility index (Phi) is 4.42. The molecule has 0 saturated carbocycles. The van der Waals surface area contributed by atoms with Crippen molar-refractivity contribution in [3.8, 4) is 0 Å². The summed E-state index contributed by atoms with van der Waals surface area (Å²) in [6.45, 7) is 4.05. The minimum absolute atomic E-state index is 0.194. The Labute approximate surface area is 100 Å². The Balaban J connectivity index is 3.00. The average molecular weight is 289 g/mol. The van der Waals surface area contributed by atoms with Crippen molar-refractivity contribution in [2.45, 2.75) is 6.42 Å². The summed E-state index contributed by atoms with van der Waals surface area (Å²) in [5.41, 5.74) is 0.0184. The van der Waals surface area contributed by atoms with Gasteiger partial charge in [0, 0.05) is 6.54 Å². The molecular formula is C10H10BrFN2O2. The van der Waals surface area contributed by atoms with Crippen LogP contribution in [0, 0.1) is 15.9 Å². The van der Waals surface area contributed by atoms with Gasteiger partial charge in [-0.1, -0.05) is 6.08 Å². The van der Waals surface area contributed by atoms with E-state index in [0.29, 0.717) is 18.7 Å². The number of anilines is 1. The summed E-state index contributed by atoms with van der Waals surface area (Å²) in [6.07, 6.45) is 2.36. The Morgan fingerprint density at radius 3 is 2.88 bits per heavy atom. The van der Waals surface area contributed by atoms with Crippen LogP contribution in [-0.4, -0.2) is 11.5 Å². The van der Waals surface area contributed by atoms with Crippen LogP contribution in [0.2, 0.25) is 0 Å². The van der Waals surface area contributed by atoms with Crippen molar-refractivity contribution < 1.29 is 9.31 Å². The topological polar surface area (TPSA) is 55.2 Å². The molecule has 0 bridgehead atoms. The van der Waals surface area contributed by atoms with E-state index >= 15 is 0 Å². The van der Waals surface area contributed by atoms with Crippen molar-refractivity contribution in [2.75, 3.05) is 11.9 Å². The second-order valence-corrected chi connectivity index (χ2v) is 3.90. The lowest BCUT2D eigenvalue weighted by Gasteiger charge is -2.06. The van der Waals surface area contributed by atoms with Gasteiger partial charge in [0.05, 0.1) is 15.5 Å². The van der Waals surface area contributed by atoms with Crippen LogP contribution >= 0.6 is 15.9 Å². The maximum atomic E-state index is 13.1. The third kappa shape index (κ3) is 3.03. The first-order valence-electron chi connectivity index (χ1n) is 4.54. The zero-order chi connectivity index (χ0) is 12.1. The van der Waals surface area contributed by atoms with Crippen molar-refractivity contribution in [2.24, 2.45) is 0 Å². The molecule has 0 spiro atoms. The van der Waals surface area contributed by atoms with Gasteiger partial charge in [-0.05, 0) is 28.4 Å². The number of rotatable bonds is 5. The second kappa shape index (κ2) is 5.60. The largest absolute Gasteiger partial charge is 0.379 e. The summed E-state index contributed by atoms with van der Waals surface area (Å²) in [5.74, 6) is -0.652. The Morgan fingerprint density at radius 1 is 1.62 bits per heavy atom. The first-order chi connectivity index (χ1) is 7.56. The molecule has 1 rings (SSSR count). The summed E-state index contributed by atoms with van der Waals surface area (Å²) in [5, 5.41) is 13.5. The van der Waals surface area contributed by atoms with Crippen molar-refractivity contribution in [3.05, 3.63) is 45.2 Å². The molecule has 1 N–H and O–H groups in total. The van der Waals surface area contributed by atoms with E-state index in [9.17, 15) is 14.5 Å². The van der Waals surface area contributed by atoms with Gasteiger partial charge in [0.25, 0.3) is 5.69 Å². The normalized spacial score (nSPS) is 9.88. The molecular weight excluding hydrogens is 279 g/mol. The number of nitro groups is 1. The molecule has 0 saturated heterocycles. The zero-order valence-electron chi connectivity index (χ0n) is 8.37. The fraction of sp³-hybridized carbons (Fsp3) is 0.200. The zero-order valence-corrected chi connectivity index (χ0v) is 9.96. The summed E-state index contributed by atoms with van der Waals surface area (Å²) >= 11 is 2.98. The third-order valence-corrected chi connectivity index (χ3v) is 2.51. The van der Waals surface area contributed by atoms with Crippen LogP contribution in [0.25, 0.3) is 0 Å². The lowest BCUT2D eigenvalue weighted by molar-refractivity contribution is -0.384. The third-order valence-electron chi connectivity index (χ3n) is 1.90.